The molecule has 1 aromatic rings. The molecule has 1 nitrogen and oxygen atoms in total. The highest BCUT2D eigenvalue weighted by Gasteiger charge is 2.06. The van der Waals surface area contributed by atoms with Crippen molar-refractivity contribution in [2.75, 3.05) is 0 Å². The maximum absolute atomic E-state index is 11.0. The van der Waals surface area contributed by atoms with Crippen molar-refractivity contribution < 1.29 is 4.79 Å². The summed E-state index contributed by atoms with van der Waals surface area (Å²) in [5.41, 5.74) is 1.57. The van der Waals surface area contributed by atoms with Crippen molar-refractivity contribution in [3.63, 3.8) is 0 Å². The standard InChI is InChI=1S/C9H9ClO/c1-6-4-3-5-8(10)9(6)7(2)11/h3-5H,1-2H3. The van der Waals surface area contributed by atoms with Gasteiger partial charge < -0.3 is 0 Å². The van der Waals surface area contributed by atoms with Gasteiger partial charge in [-0.25, -0.2) is 0 Å². The van der Waals surface area contributed by atoms with Gasteiger partial charge in [0.1, 0.15) is 0 Å². The van der Waals surface area contributed by atoms with E-state index < -0.39 is 0 Å². The highest BCUT2D eigenvalue weighted by molar-refractivity contribution is 6.34. The van der Waals surface area contributed by atoms with Crippen molar-refractivity contribution in [2.24, 2.45) is 0 Å². The molecule has 0 aromatic heterocycles. The molecule has 0 bridgehead atoms. The molecule has 0 radical (unpaired) electrons. The number of carbonyl (C=O) groups excluding carboxylic acids is 1. The molecule has 0 aliphatic carbocycles. The van der Waals surface area contributed by atoms with E-state index in [0.717, 1.165) is 5.56 Å². The lowest BCUT2D eigenvalue weighted by atomic mass is 10.1. The van der Waals surface area contributed by atoms with Gasteiger partial charge in [0.05, 0.1) is 5.02 Å². The van der Waals surface area contributed by atoms with E-state index in [1.165, 1.54) is 6.92 Å². The first kappa shape index (κ1) is 8.28. The number of rotatable bonds is 1. The summed E-state index contributed by atoms with van der Waals surface area (Å²) in [7, 11) is 0. The molecule has 1 aromatic carbocycles. The van der Waals surface area contributed by atoms with Crippen LogP contribution in [0.5, 0.6) is 0 Å². The van der Waals surface area contributed by atoms with E-state index in [0.29, 0.717) is 10.6 Å². The van der Waals surface area contributed by atoms with Crippen LogP contribution in [0.4, 0.5) is 0 Å². The van der Waals surface area contributed by atoms with Crippen LogP contribution in [0.3, 0.4) is 0 Å². The summed E-state index contributed by atoms with van der Waals surface area (Å²) in [6.45, 7) is 3.40. The van der Waals surface area contributed by atoms with E-state index >= 15 is 0 Å². The molecule has 0 saturated heterocycles. The molecule has 0 spiro atoms. The van der Waals surface area contributed by atoms with Gasteiger partial charge in [-0.15, -0.1) is 0 Å². The summed E-state index contributed by atoms with van der Waals surface area (Å²) in [4.78, 5) is 11.0. The van der Waals surface area contributed by atoms with Crippen LogP contribution in [-0.2, 0) is 0 Å². The zero-order valence-electron chi connectivity index (χ0n) is 6.52. The molecule has 0 saturated carbocycles. The van der Waals surface area contributed by atoms with Gasteiger partial charge in [-0.1, -0.05) is 23.7 Å². The van der Waals surface area contributed by atoms with Crippen molar-refractivity contribution in [1.29, 1.82) is 0 Å². The van der Waals surface area contributed by atoms with Crippen molar-refractivity contribution in [2.45, 2.75) is 13.8 Å². The molecule has 0 heterocycles. The van der Waals surface area contributed by atoms with E-state index in [-0.39, 0.29) is 5.78 Å². The van der Waals surface area contributed by atoms with E-state index in [1.54, 1.807) is 6.07 Å². The molecular weight excluding hydrogens is 160 g/mol. The molecule has 0 aliphatic rings. The fourth-order valence-electron chi connectivity index (χ4n) is 1.08. The molecule has 0 amide bonds. The number of aryl methyl sites for hydroxylation is 1. The molecule has 2 heteroatoms. The fourth-order valence-corrected chi connectivity index (χ4v) is 1.43. The van der Waals surface area contributed by atoms with Crippen LogP contribution in [0.25, 0.3) is 0 Å². The van der Waals surface area contributed by atoms with Crippen molar-refractivity contribution in [1.82, 2.24) is 0 Å². The smallest absolute Gasteiger partial charge is 0.161 e. The third-order valence-electron chi connectivity index (χ3n) is 1.57. The zero-order chi connectivity index (χ0) is 8.43. The number of hydrogen-bond donors (Lipinski definition) is 0. The number of Topliss-reactive ketones (excluding diaryl/α,β-unsaturated/α-hetero) is 1. The first-order valence-electron chi connectivity index (χ1n) is 3.39. The normalized spacial score (nSPS) is 9.73. The molecule has 1 rings (SSSR count). The van der Waals surface area contributed by atoms with Gasteiger partial charge in [0.25, 0.3) is 0 Å². The second-order valence-electron chi connectivity index (χ2n) is 2.49. The van der Waals surface area contributed by atoms with Crippen LogP contribution in [0, 0.1) is 6.92 Å². The van der Waals surface area contributed by atoms with E-state index in [4.69, 9.17) is 11.6 Å². The quantitative estimate of drug-likeness (QED) is 0.590. The second-order valence-corrected chi connectivity index (χ2v) is 2.90. The fraction of sp³-hybridized carbons (Fsp3) is 0.222. The first-order valence-corrected chi connectivity index (χ1v) is 3.77. The summed E-state index contributed by atoms with van der Waals surface area (Å²) >= 11 is 5.80. The Bertz CT molecular complexity index is 271. The van der Waals surface area contributed by atoms with Gasteiger partial charge in [0.15, 0.2) is 5.78 Å². The predicted octanol–water partition coefficient (Wildman–Crippen LogP) is 2.85. The number of halogens is 1. The molecular formula is C9H9ClO. The Labute approximate surface area is 71.0 Å². The summed E-state index contributed by atoms with van der Waals surface area (Å²) < 4.78 is 0. The van der Waals surface area contributed by atoms with Crippen LogP contribution in [0.1, 0.15) is 22.8 Å². The van der Waals surface area contributed by atoms with Crippen LogP contribution in [0.15, 0.2) is 18.2 Å². The van der Waals surface area contributed by atoms with Crippen LogP contribution in [-0.4, -0.2) is 5.78 Å². The Morgan fingerprint density at radius 3 is 2.45 bits per heavy atom. The average molecular weight is 169 g/mol. The number of benzene rings is 1. The van der Waals surface area contributed by atoms with Gasteiger partial charge in [0.2, 0.25) is 0 Å². The minimum absolute atomic E-state index is 0.0214. The topological polar surface area (TPSA) is 17.1 Å². The lowest BCUT2D eigenvalue weighted by molar-refractivity contribution is 0.101. The summed E-state index contributed by atoms with van der Waals surface area (Å²) in [6, 6.07) is 5.44. The summed E-state index contributed by atoms with van der Waals surface area (Å²) in [5.74, 6) is 0.0214. The van der Waals surface area contributed by atoms with Crippen molar-refractivity contribution in [3.05, 3.63) is 34.3 Å². The minimum Gasteiger partial charge on any atom is -0.294 e. The molecule has 0 fully saturated rings. The molecule has 11 heavy (non-hydrogen) atoms. The van der Waals surface area contributed by atoms with Crippen molar-refractivity contribution in [3.8, 4) is 0 Å². The monoisotopic (exact) mass is 168 g/mol. The number of hydrogen-bond acceptors (Lipinski definition) is 1. The van der Waals surface area contributed by atoms with Crippen LogP contribution >= 0.6 is 11.6 Å². The predicted molar refractivity (Wildman–Crippen MR) is 46.2 cm³/mol. The molecule has 58 valence electrons. The van der Waals surface area contributed by atoms with Gasteiger partial charge in [0, 0.05) is 5.56 Å². The highest BCUT2D eigenvalue weighted by Crippen LogP contribution is 2.19. The molecule has 0 unspecified atom stereocenters. The molecule has 0 N–H and O–H groups in total. The minimum atomic E-state index is 0.0214. The maximum atomic E-state index is 11.0. The highest BCUT2D eigenvalue weighted by atomic mass is 35.5. The van der Waals surface area contributed by atoms with E-state index in [9.17, 15) is 4.79 Å². The average Bonchev–Trinajstić information content (AvgIpc) is 1.85. The second kappa shape index (κ2) is 3.05. The Hall–Kier alpha value is -0.820. The largest absolute Gasteiger partial charge is 0.294 e. The molecule has 0 atom stereocenters. The van der Waals surface area contributed by atoms with Crippen molar-refractivity contribution >= 4 is 17.4 Å². The van der Waals surface area contributed by atoms with Gasteiger partial charge in [-0.3, -0.25) is 4.79 Å². The lowest BCUT2D eigenvalue weighted by Gasteiger charge is -2.02. The Morgan fingerprint density at radius 1 is 1.45 bits per heavy atom. The maximum Gasteiger partial charge on any atom is 0.161 e. The van der Waals surface area contributed by atoms with Gasteiger partial charge in [-0.05, 0) is 25.5 Å². The summed E-state index contributed by atoms with van der Waals surface area (Å²) in [6.07, 6.45) is 0. The summed E-state index contributed by atoms with van der Waals surface area (Å²) in [5, 5.41) is 0.539. The Balaban J connectivity index is 3.32. The number of ketones is 1. The van der Waals surface area contributed by atoms with Gasteiger partial charge in [-0.2, -0.15) is 0 Å². The number of carbonyl (C=O) groups is 1. The van der Waals surface area contributed by atoms with Crippen LogP contribution < -0.4 is 0 Å². The van der Waals surface area contributed by atoms with E-state index in [1.807, 2.05) is 19.1 Å². The third kappa shape index (κ3) is 1.60. The van der Waals surface area contributed by atoms with Gasteiger partial charge >= 0.3 is 0 Å². The first-order chi connectivity index (χ1) is 5.13. The lowest BCUT2D eigenvalue weighted by Crippen LogP contribution is -1.96. The molecule has 0 aliphatic heterocycles. The third-order valence-corrected chi connectivity index (χ3v) is 1.89. The Morgan fingerprint density at radius 2 is 2.09 bits per heavy atom. The SMILES string of the molecule is CC(=O)c1c(C)cccc1Cl. The van der Waals surface area contributed by atoms with Crippen LogP contribution in [0.2, 0.25) is 5.02 Å². The van der Waals surface area contributed by atoms with E-state index in [2.05, 4.69) is 0 Å². The zero-order valence-corrected chi connectivity index (χ0v) is 7.27. The Kier molecular flexibility index (Phi) is 2.30.